The Hall–Kier alpha value is -2.96. The van der Waals surface area contributed by atoms with E-state index in [1.54, 1.807) is 6.20 Å². The predicted octanol–water partition coefficient (Wildman–Crippen LogP) is 2.82. The van der Waals surface area contributed by atoms with Gasteiger partial charge in [0.2, 0.25) is 11.7 Å². The Balaban J connectivity index is 1.69. The number of aryl methyl sites for hydroxylation is 1. The molecule has 0 fully saturated rings. The van der Waals surface area contributed by atoms with Crippen LogP contribution in [0.5, 0.6) is 0 Å². The number of rotatable bonds is 4. The van der Waals surface area contributed by atoms with Gasteiger partial charge < -0.3 is 14.0 Å². The molecule has 7 heteroatoms. The summed E-state index contributed by atoms with van der Waals surface area (Å²) in [4.78, 5) is 23.4. The number of fused-ring (bicyclic) bond motifs is 1. The minimum atomic E-state index is -0.276. The fourth-order valence-electron chi connectivity index (χ4n) is 3.31. The molecule has 25 heavy (non-hydrogen) atoms. The van der Waals surface area contributed by atoms with E-state index in [0.717, 1.165) is 11.1 Å². The highest BCUT2D eigenvalue weighted by Crippen LogP contribution is 2.35. The van der Waals surface area contributed by atoms with Crippen molar-refractivity contribution < 1.29 is 9.32 Å². The van der Waals surface area contributed by atoms with Crippen LogP contribution in [0.1, 0.15) is 41.7 Å². The molecule has 3 heterocycles. The molecule has 1 aliphatic heterocycles. The molecule has 0 radical (unpaired) electrons. The number of imidazole rings is 1. The molecule has 1 aliphatic rings. The van der Waals surface area contributed by atoms with Gasteiger partial charge in [0.25, 0.3) is 5.91 Å². The molecule has 0 unspecified atom stereocenters. The first-order valence-corrected chi connectivity index (χ1v) is 8.26. The standard InChI is InChI=1S/C18H19N5O2/c1-11(2)14(23-10-12-6-4-5-7-13(12)18(23)24)17-20-15(21-25-17)16-19-8-9-22(16)3/h4-9,11,14H,10H2,1-3H3/t14-/m1/s1. The van der Waals surface area contributed by atoms with Gasteiger partial charge >= 0.3 is 0 Å². The van der Waals surface area contributed by atoms with Crippen LogP contribution in [0.15, 0.2) is 41.2 Å². The van der Waals surface area contributed by atoms with Crippen LogP contribution < -0.4 is 0 Å². The average molecular weight is 337 g/mol. The summed E-state index contributed by atoms with van der Waals surface area (Å²) in [6.07, 6.45) is 3.51. The highest BCUT2D eigenvalue weighted by atomic mass is 16.5. The van der Waals surface area contributed by atoms with Crippen molar-refractivity contribution in [2.45, 2.75) is 26.4 Å². The van der Waals surface area contributed by atoms with Crippen molar-refractivity contribution in [1.29, 1.82) is 0 Å². The van der Waals surface area contributed by atoms with Crippen molar-refractivity contribution in [3.8, 4) is 11.6 Å². The Labute approximate surface area is 145 Å². The Morgan fingerprint density at radius 1 is 1.24 bits per heavy atom. The van der Waals surface area contributed by atoms with Crippen LogP contribution in [0.25, 0.3) is 11.6 Å². The summed E-state index contributed by atoms with van der Waals surface area (Å²) in [5.74, 6) is 1.64. The summed E-state index contributed by atoms with van der Waals surface area (Å²) >= 11 is 0. The summed E-state index contributed by atoms with van der Waals surface area (Å²) in [6.45, 7) is 4.65. The maximum Gasteiger partial charge on any atom is 0.255 e. The van der Waals surface area contributed by atoms with E-state index in [1.807, 2.05) is 60.8 Å². The highest BCUT2D eigenvalue weighted by molar-refractivity contribution is 5.98. The number of amides is 1. The largest absolute Gasteiger partial charge is 0.337 e. The van der Waals surface area contributed by atoms with Crippen molar-refractivity contribution >= 4 is 5.91 Å². The zero-order chi connectivity index (χ0) is 17.6. The molecular formula is C18H19N5O2. The lowest BCUT2D eigenvalue weighted by molar-refractivity contribution is 0.0596. The lowest BCUT2D eigenvalue weighted by atomic mass is 10.0. The average Bonchev–Trinajstić information content (AvgIpc) is 3.29. The Morgan fingerprint density at radius 3 is 2.72 bits per heavy atom. The van der Waals surface area contributed by atoms with Crippen molar-refractivity contribution in [2.24, 2.45) is 13.0 Å². The van der Waals surface area contributed by atoms with Crippen LogP contribution in [-0.2, 0) is 13.6 Å². The van der Waals surface area contributed by atoms with Gasteiger partial charge in [-0.1, -0.05) is 37.2 Å². The molecule has 2 aromatic heterocycles. The molecular weight excluding hydrogens is 318 g/mol. The number of carbonyl (C=O) groups excluding carboxylic acids is 1. The maximum absolute atomic E-state index is 12.8. The zero-order valence-electron chi connectivity index (χ0n) is 14.4. The second-order valence-corrected chi connectivity index (χ2v) is 6.60. The van der Waals surface area contributed by atoms with Crippen LogP contribution in [-0.4, -0.2) is 30.5 Å². The first-order valence-electron chi connectivity index (χ1n) is 8.26. The molecule has 0 bridgehead atoms. The molecule has 0 spiro atoms. The quantitative estimate of drug-likeness (QED) is 0.731. The lowest BCUT2D eigenvalue weighted by Crippen LogP contribution is -2.32. The van der Waals surface area contributed by atoms with Gasteiger partial charge in [-0.2, -0.15) is 4.98 Å². The van der Waals surface area contributed by atoms with Crippen LogP contribution in [0.2, 0.25) is 0 Å². The Morgan fingerprint density at radius 2 is 2.04 bits per heavy atom. The molecule has 0 N–H and O–H groups in total. The topological polar surface area (TPSA) is 77.1 Å². The van der Waals surface area contributed by atoms with E-state index in [1.165, 1.54) is 0 Å². The number of aromatic nitrogens is 4. The third-order valence-corrected chi connectivity index (χ3v) is 4.53. The van der Waals surface area contributed by atoms with Crippen LogP contribution in [0.4, 0.5) is 0 Å². The molecule has 0 saturated heterocycles. The molecule has 0 aliphatic carbocycles. The van der Waals surface area contributed by atoms with Crippen LogP contribution in [0.3, 0.4) is 0 Å². The minimum Gasteiger partial charge on any atom is -0.337 e. The highest BCUT2D eigenvalue weighted by Gasteiger charge is 2.38. The molecule has 1 atom stereocenters. The van der Waals surface area contributed by atoms with Crippen molar-refractivity contribution in [3.63, 3.8) is 0 Å². The first-order chi connectivity index (χ1) is 12.1. The molecule has 7 nitrogen and oxygen atoms in total. The van der Waals surface area contributed by atoms with Crippen molar-refractivity contribution in [3.05, 3.63) is 53.7 Å². The van der Waals surface area contributed by atoms with Gasteiger partial charge in [0, 0.05) is 31.5 Å². The van der Waals surface area contributed by atoms with E-state index < -0.39 is 0 Å². The van der Waals surface area contributed by atoms with E-state index in [0.29, 0.717) is 24.1 Å². The fraction of sp³-hybridized carbons (Fsp3) is 0.333. The number of benzene rings is 1. The van der Waals surface area contributed by atoms with E-state index in [4.69, 9.17) is 4.52 Å². The number of hydrogen-bond donors (Lipinski definition) is 0. The normalized spacial score (nSPS) is 15.0. The van der Waals surface area contributed by atoms with Gasteiger partial charge in [-0.15, -0.1) is 0 Å². The van der Waals surface area contributed by atoms with Gasteiger partial charge in [-0.05, 0) is 17.5 Å². The summed E-state index contributed by atoms with van der Waals surface area (Å²) in [7, 11) is 1.87. The summed E-state index contributed by atoms with van der Waals surface area (Å²) in [5.41, 5.74) is 1.78. The van der Waals surface area contributed by atoms with E-state index >= 15 is 0 Å². The molecule has 4 rings (SSSR count). The van der Waals surface area contributed by atoms with E-state index in [-0.39, 0.29) is 17.9 Å². The molecule has 1 aromatic carbocycles. The SMILES string of the molecule is CC(C)[C@H](c1nc(-c2nccn2C)no1)N1Cc2ccccc2C1=O. The van der Waals surface area contributed by atoms with Crippen LogP contribution in [0, 0.1) is 5.92 Å². The number of nitrogens with zero attached hydrogens (tertiary/aromatic N) is 5. The lowest BCUT2D eigenvalue weighted by Gasteiger charge is -2.27. The van der Waals surface area contributed by atoms with Crippen molar-refractivity contribution in [1.82, 2.24) is 24.6 Å². The number of carbonyl (C=O) groups is 1. The fourth-order valence-corrected chi connectivity index (χ4v) is 3.31. The van der Waals surface area contributed by atoms with Gasteiger partial charge in [0.1, 0.15) is 6.04 Å². The molecule has 0 saturated carbocycles. The van der Waals surface area contributed by atoms with Gasteiger partial charge in [-0.25, -0.2) is 4.98 Å². The third-order valence-electron chi connectivity index (χ3n) is 4.53. The maximum atomic E-state index is 12.8. The third kappa shape index (κ3) is 2.52. The monoisotopic (exact) mass is 337 g/mol. The summed E-state index contributed by atoms with van der Waals surface area (Å²) < 4.78 is 7.35. The molecule has 1 amide bonds. The predicted molar refractivity (Wildman–Crippen MR) is 90.4 cm³/mol. The molecule has 128 valence electrons. The zero-order valence-corrected chi connectivity index (χ0v) is 14.4. The van der Waals surface area contributed by atoms with Gasteiger partial charge in [-0.3, -0.25) is 4.79 Å². The first kappa shape index (κ1) is 15.6. The van der Waals surface area contributed by atoms with E-state index in [9.17, 15) is 4.79 Å². The van der Waals surface area contributed by atoms with Crippen LogP contribution >= 0.6 is 0 Å². The Kier molecular flexibility index (Phi) is 3.63. The van der Waals surface area contributed by atoms with Gasteiger partial charge in [0.15, 0.2) is 5.82 Å². The second kappa shape index (κ2) is 5.84. The second-order valence-electron chi connectivity index (χ2n) is 6.60. The summed E-state index contributed by atoms with van der Waals surface area (Å²) in [6, 6.07) is 7.41. The molecule has 3 aromatic rings. The number of hydrogen-bond acceptors (Lipinski definition) is 5. The van der Waals surface area contributed by atoms with E-state index in [2.05, 4.69) is 15.1 Å². The Bertz CT molecular complexity index is 927. The van der Waals surface area contributed by atoms with Gasteiger partial charge in [0.05, 0.1) is 0 Å². The van der Waals surface area contributed by atoms with Crippen molar-refractivity contribution in [2.75, 3.05) is 0 Å². The summed E-state index contributed by atoms with van der Waals surface area (Å²) in [5, 5.41) is 4.06. The smallest absolute Gasteiger partial charge is 0.255 e. The minimum absolute atomic E-state index is 0.00559.